The fourth-order valence-electron chi connectivity index (χ4n) is 7.81. The van der Waals surface area contributed by atoms with Gasteiger partial charge in [-0.05, 0) is 143 Å². The fourth-order valence-corrected chi connectivity index (χ4v) is 7.81. The molecule has 9 nitrogen and oxygen atoms in total. The second-order valence-corrected chi connectivity index (χ2v) is 15.0. The van der Waals surface area contributed by atoms with E-state index in [4.69, 9.17) is 31.4 Å². The van der Waals surface area contributed by atoms with Gasteiger partial charge in [0.05, 0.1) is 18.8 Å². The first-order valence-electron chi connectivity index (χ1n) is 19.7. The minimum atomic E-state index is -0.388. The fraction of sp³-hybridized carbons (Fsp3) is 0.468. The zero-order valence-corrected chi connectivity index (χ0v) is 32.6. The summed E-state index contributed by atoms with van der Waals surface area (Å²) in [5.41, 5.74) is 23.5. The van der Waals surface area contributed by atoms with Crippen LogP contribution < -0.4 is 31.7 Å². The van der Waals surface area contributed by atoms with Gasteiger partial charge in [-0.25, -0.2) is 4.79 Å². The number of ether oxygens (including phenoxy) is 3. The first-order chi connectivity index (χ1) is 26.8. The van der Waals surface area contributed by atoms with Crippen LogP contribution in [-0.4, -0.2) is 58.3 Å². The molecule has 2 saturated heterocycles. The van der Waals surface area contributed by atoms with Crippen LogP contribution in [0, 0.1) is 18.8 Å². The lowest BCUT2D eigenvalue weighted by molar-refractivity contribution is -0.0666. The van der Waals surface area contributed by atoms with Crippen molar-refractivity contribution in [3.63, 3.8) is 0 Å². The molecule has 0 spiro atoms. The highest BCUT2D eigenvalue weighted by Gasteiger charge is 2.27. The lowest BCUT2D eigenvalue weighted by atomic mass is 9.82. The highest BCUT2D eigenvalue weighted by atomic mass is 19.1. The molecule has 0 radical (unpaired) electrons. The number of hydrogen-bond donors (Lipinski definition) is 3. The minimum Gasteiger partial charge on any atom is -0.468 e. The number of anilines is 5. The number of carbonyl (C=O) groups is 1. The molecule has 1 aliphatic carbocycles. The SMILES string of the molecule is C.C.CF.Cc1ccc(N2CCC(CC3CCN(c4ccc(N)cc4)CC3)CC2)cc1.Nc1cc(N)cc(C(=O)OC2CCC(OCOc3ccccc3)CC2)c1. The molecule has 2 heterocycles. The van der Waals surface area contributed by atoms with E-state index in [1.165, 1.54) is 75.2 Å². The van der Waals surface area contributed by atoms with Gasteiger partial charge in [-0.15, -0.1) is 0 Å². The van der Waals surface area contributed by atoms with Crippen molar-refractivity contribution >= 4 is 34.4 Å². The summed E-state index contributed by atoms with van der Waals surface area (Å²) in [6.07, 6.45) is 10.0. The largest absolute Gasteiger partial charge is 0.468 e. The van der Waals surface area contributed by atoms with Crippen molar-refractivity contribution in [2.24, 2.45) is 11.8 Å². The van der Waals surface area contributed by atoms with E-state index in [0.29, 0.717) is 24.1 Å². The number of halogens is 1. The molecule has 7 rings (SSSR count). The average molecular weight is 786 g/mol. The van der Waals surface area contributed by atoms with Crippen LogP contribution in [0.25, 0.3) is 0 Å². The maximum absolute atomic E-state index is 12.2. The Morgan fingerprint density at radius 1 is 0.632 bits per heavy atom. The van der Waals surface area contributed by atoms with E-state index in [-0.39, 0.29) is 39.8 Å². The molecule has 2 aliphatic heterocycles. The predicted octanol–water partition coefficient (Wildman–Crippen LogP) is 10.3. The van der Waals surface area contributed by atoms with E-state index in [1.807, 2.05) is 42.5 Å². The van der Waals surface area contributed by atoms with Gasteiger partial charge in [0.1, 0.15) is 11.9 Å². The topological polar surface area (TPSA) is 129 Å². The van der Waals surface area contributed by atoms with Crippen LogP contribution in [0.2, 0.25) is 0 Å². The van der Waals surface area contributed by atoms with Crippen molar-refractivity contribution < 1.29 is 23.4 Å². The first kappa shape index (κ1) is 46.4. The van der Waals surface area contributed by atoms with E-state index in [9.17, 15) is 9.18 Å². The molecule has 312 valence electrons. The van der Waals surface area contributed by atoms with Gasteiger partial charge >= 0.3 is 5.97 Å². The average Bonchev–Trinajstić information content (AvgIpc) is 3.21. The molecule has 0 atom stereocenters. The molecule has 0 amide bonds. The standard InChI is InChI=1S/C24H33N3.C20H24N2O4.CH3F.2CH4/c1-19-2-6-23(7-3-19)26-14-10-20(11-15-26)18-21-12-16-27(17-13-21)24-8-4-22(25)5-9-24;21-15-10-14(11-16(22)12-15)20(23)26-19-8-6-18(7-9-19)25-13-24-17-4-2-1-3-5-17;1-2;;/h2-9,20-21H,10-18,25H2,1H3;1-5,10-12,18-19H,6-9,13,21-22H2;1H3;2*1H4. The number of aryl methyl sites for hydroxylation is 1. The molecule has 0 aromatic heterocycles. The van der Waals surface area contributed by atoms with Gasteiger partial charge in [0.25, 0.3) is 0 Å². The van der Waals surface area contributed by atoms with Crippen LogP contribution in [-0.2, 0) is 9.47 Å². The van der Waals surface area contributed by atoms with Gasteiger partial charge in [0.15, 0.2) is 6.79 Å². The highest BCUT2D eigenvalue weighted by molar-refractivity contribution is 5.91. The molecule has 1 saturated carbocycles. The number of piperidine rings is 2. The van der Waals surface area contributed by atoms with Gasteiger partial charge in [-0.2, -0.15) is 0 Å². The van der Waals surface area contributed by atoms with Crippen LogP contribution in [0.5, 0.6) is 5.75 Å². The van der Waals surface area contributed by atoms with Gasteiger partial charge < -0.3 is 41.2 Å². The van der Waals surface area contributed by atoms with Crippen LogP contribution in [0.1, 0.15) is 88.6 Å². The Morgan fingerprint density at radius 2 is 1.11 bits per heavy atom. The lowest BCUT2D eigenvalue weighted by Crippen LogP contribution is -2.37. The summed E-state index contributed by atoms with van der Waals surface area (Å²) in [7, 11) is 0.500. The number of esters is 1. The van der Waals surface area contributed by atoms with E-state index < -0.39 is 0 Å². The smallest absolute Gasteiger partial charge is 0.338 e. The summed E-state index contributed by atoms with van der Waals surface area (Å²) in [5, 5.41) is 0. The van der Waals surface area contributed by atoms with E-state index in [0.717, 1.165) is 49.0 Å². The minimum absolute atomic E-state index is 0. The van der Waals surface area contributed by atoms with Crippen molar-refractivity contribution in [1.29, 1.82) is 0 Å². The van der Waals surface area contributed by atoms with Crippen molar-refractivity contribution in [2.45, 2.75) is 91.8 Å². The summed E-state index contributed by atoms with van der Waals surface area (Å²) < 4.78 is 26.4. The van der Waals surface area contributed by atoms with E-state index in [1.54, 1.807) is 18.2 Å². The summed E-state index contributed by atoms with van der Waals surface area (Å²) in [5.74, 6) is 2.23. The monoisotopic (exact) mass is 786 g/mol. The molecule has 4 aromatic carbocycles. The van der Waals surface area contributed by atoms with Crippen LogP contribution >= 0.6 is 0 Å². The number of carbonyl (C=O) groups excluding carboxylic acids is 1. The third kappa shape index (κ3) is 14.8. The van der Waals surface area contributed by atoms with Gasteiger partial charge in [-0.1, -0.05) is 50.7 Å². The zero-order chi connectivity index (χ0) is 39.0. The van der Waals surface area contributed by atoms with Gasteiger partial charge in [0.2, 0.25) is 0 Å². The van der Waals surface area contributed by atoms with Crippen LogP contribution in [0.3, 0.4) is 0 Å². The number of nitrogens with two attached hydrogens (primary N) is 3. The molecule has 6 N–H and O–H groups in total. The second-order valence-electron chi connectivity index (χ2n) is 15.0. The first-order valence-corrected chi connectivity index (χ1v) is 19.7. The Balaban J connectivity index is 0.000000283. The molecule has 0 bridgehead atoms. The lowest BCUT2D eigenvalue weighted by Gasteiger charge is -2.38. The molecular formula is C47H68FN5O4. The number of nitrogens with zero attached hydrogens (tertiary/aromatic N) is 2. The second kappa shape index (κ2) is 24.0. The predicted molar refractivity (Wildman–Crippen MR) is 237 cm³/mol. The van der Waals surface area contributed by atoms with Crippen LogP contribution in [0.15, 0.2) is 97.1 Å². The zero-order valence-electron chi connectivity index (χ0n) is 32.6. The Morgan fingerprint density at radius 3 is 1.61 bits per heavy atom. The van der Waals surface area contributed by atoms with Crippen molar-refractivity contribution in [2.75, 3.05) is 67.2 Å². The number of alkyl halides is 1. The van der Waals surface area contributed by atoms with Gasteiger partial charge in [-0.3, -0.25) is 4.39 Å². The number of hydrogen-bond acceptors (Lipinski definition) is 9. The molecule has 4 aromatic rings. The molecule has 10 heteroatoms. The molecular weight excluding hydrogens is 718 g/mol. The van der Waals surface area contributed by atoms with E-state index in [2.05, 4.69) is 53.1 Å². The van der Waals surface area contributed by atoms with Crippen molar-refractivity contribution in [1.82, 2.24) is 0 Å². The summed E-state index contributed by atoms with van der Waals surface area (Å²) >= 11 is 0. The van der Waals surface area contributed by atoms with Crippen LogP contribution in [0.4, 0.5) is 32.8 Å². The third-order valence-corrected chi connectivity index (χ3v) is 10.9. The Labute approximate surface area is 341 Å². The maximum Gasteiger partial charge on any atom is 0.338 e. The molecule has 57 heavy (non-hydrogen) atoms. The Kier molecular flexibility index (Phi) is 19.5. The number of para-hydroxylation sites is 1. The summed E-state index contributed by atoms with van der Waals surface area (Å²) in [6.45, 7) is 7.21. The van der Waals surface area contributed by atoms with Gasteiger partial charge in [0, 0.05) is 54.6 Å². The maximum atomic E-state index is 12.2. The van der Waals surface area contributed by atoms with Crippen molar-refractivity contribution in [3.8, 4) is 5.75 Å². The summed E-state index contributed by atoms with van der Waals surface area (Å²) in [6, 6.07) is 31.7. The van der Waals surface area contributed by atoms with Crippen molar-refractivity contribution in [3.05, 3.63) is 108 Å². The normalized spacial score (nSPS) is 18.3. The summed E-state index contributed by atoms with van der Waals surface area (Å²) in [4.78, 5) is 17.3. The molecule has 3 aliphatic rings. The highest BCUT2D eigenvalue weighted by Crippen LogP contribution is 2.33. The molecule has 3 fully saturated rings. The van der Waals surface area contributed by atoms with E-state index >= 15 is 0 Å². The molecule has 0 unspecified atom stereocenters. The number of nitrogen functional groups attached to an aromatic ring is 3. The quantitative estimate of drug-likeness (QED) is 0.0817. The number of benzene rings is 4. The number of rotatable bonds is 10. The third-order valence-electron chi connectivity index (χ3n) is 10.9. The Bertz CT molecular complexity index is 1620. The Hall–Kier alpha value is -4.96.